The molecule has 6 nitrogen and oxygen atoms in total. The van der Waals surface area contributed by atoms with Crippen LogP contribution >= 0.6 is 20.7 Å². The number of amides is 1. The number of nitrogen functional groups attached to an aromatic ring is 1. The van der Waals surface area contributed by atoms with Crippen LogP contribution < -0.4 is 11.1 Å². The van der Waals surface area contributed by atoms with Gasteiger partial charge in [-0.15, -0.1) is 11.7 Å². The van der Waals surface area contributed by atoms with E-state index in [0.29, 0.717) is 10.3 Å². The molecule has 0 spiro atoms. The molecule has 0 aliphatic carbocycles. The Morgan fingerprint density at radius 1 is 1.48 bits per heavy atom. The van der Waals surface area contributed by atoms with Crippen molar-refractivity contribution in [3.05, 3.63) is 53.6 Å². The molecule has 0 radical (unpaired) electrons. The molecule has 23 heavy (non-hydrogen) atoms. The molecule has 1 unspecified atom stereocenters. The summed E-state index contributed by atoms with van der Waals surface area (Å²) < 4.78 is 14.9. The molecule has 0 saturated heterocycles. The topological polar surface area (TPSA) is 85.3 Å². The van der Waals surface area contributed by atoms with Gasteiger partial charge in [-0.05, 0) is 23.6 Å². The van der Waals surface area contributed by atoms with Gasteiger partial charge in [0.05, 0.1) is 5.56 Å². The Morgan fingerprint density at radius 2 is 2.26 bits per heavy atom. The third-order valence-corrected chi connectivity index (χ3v) is 6.91. The highest BCUT2D eigenvalue weighted by molar-refractivity contribution is 8.95. The van der Waals surface area contributed by atoms with Crippen LogP contribution in [0.5, 0.6) is 0 Å². The van der Waals surface area contributed by atoms with Crippen molar-refractivity contribution in [2.45, 2.75) is 5.16 Å². The highest BCUT2D eigenvalue weighted by Gasteiger charge is 2.34. The normalized spacial score (nSPS) is 22.5. The van der Waals surface area contributed by atoms with Gasteiger partial charge in [0.25, 0.3) is 5.91 Å². The first-order chi connectivity index (χ1) is 10.9. The number of aryl methyl sites for hydroxylation is 1. The van der Waals surface area contributed by atoms with Crippen molar-refractivity contribution in [1.29, 1.82) is 0 Å². The van der Waals surface area contributed by atoms with E-state index in [1.807, 2.05) is 17.0 Å². The first kappa shape index (κ1) is 15.6. The quantitative estimate of drug-likeness (QED) is 0.441. The summed E-state index contributed by atoms with van der Waals surface area (Å²) in [5, 5.41) is 5.61. The number of benzene rings is 1. The van der Waals surface area contributed by atoms with Crippen molar-refractivity contribution in [3.8, 4) is 0 Å². The highest BCUT2D eigenvalue weighted by Crippen LogP contribution is 2.62. The molecule has 2 aromatic rings. The van der Waals surface area contributed by atoms with Crippen LogP contribution in [0.1, 0.15) is 10.4 Å². The monoisotopic (exact) mass is 351 g/mol. The van der Waals surface area contributed by atoms with E-state index in [0.717, 1.165) is 6.07 Å². The Kier molecular flexibility index (Phi) is 3.90. The number of nitrogens with one attached hydrogen (secondary N) is 1. The number of aliphatic imine (C=N–C) groups is 1. The van der Waals surface area contributed by atoms with Gasteiger partial charge in [-0.2, -0.15) is 0 Å². The zero-order chi connectivity index (χ0) is 16.6. The number of aromatic nitrogens is 2. The van der Waals surface area contributed by atoms with Crippen LogP contribution in [0.4, 0.5) is 10.1 Å². The smallest absolute Gasteiger partial charge is 0.259 e. The summed E-state index contributed by atoms with van der Waals surface area (Å²) in [7, 11) is -0.122. The Hall–Kier alpha value is -2.26. The average molecular weight is 351 g/mol. The summed E-state index contributed by atoms with van der Waals surface area (Å²) in [5.41, 5.74) is 5.94. The Morgan fingerprint density at radius 3 is 2.91 bits per heavy atom. The van der Waals surface area contributed by atoms with Crippen molar-refractivity contribution >= 4 is 37.5 Å². The summed E-state index contributed by atoms with van der Waals surface area (Å²) in [6.07, 6.45) is 5.04. The van der Waals surface area contributed by atoms with E-state index in [1.54, 1.807) is 18.6 Å². The molecular formula is C14H14FN5OS2. The largest absolute Gasteiger partial charge is 0.398 e. The van der Waals surface area contributed by atoms with Crippen LogP contribution in [0.25, 0.3) is 0 Å². The molecule has 1 aromatic heterocycles. The number of halogens is 1. The third-order valence-electron chi connectivity index (χ3n) is 3.28. The van der Waals surface area contributed by atoms with Gasteiger partial charge in [0.2, 0.25) is 0 Å². The van der Waals surface area contributed by atoms with Crippen LogP contribution in [0, 0.1) is 5.82 Å². The summed E-state index contributed by atoms with van der Waals surface area (Å²) in [6.45, 7) is 0. The van der Waals surface area contributed by atoms with Gasteiger partial charge >= 0.3 is 0 Å². The third kappa shape index (κ3) is 2.73. The molecular weight excluding hydrogens is 337 g/mol. The lowest BCUT2D eigenvalue weighted by atomic mass is 10.1. The first-order valence-corrected chi connectivity index (χ1v) is 9.30. The molecule has 1 amide bonds. The van der Waals surface area contributed by atoms with E-state index < -0.39 is 20.8 Å². The standard InChI is InChI=1S/C14H14FN5OS2/c1-20-6-4-18-14(20)23(22)7-5-17-13(23)19-12(21)10-3-2-9(15)8-11(10)16/h2-8,22H,16H2,1H3,(H,17,19,21). The molecule has 2 heterocycles. The summed E-state index contributed by atoms with van der Waals surface area (Å²) >= 11 is 4.71. The molecule has 1 aromatic carbocycles. The lowest BCUT2D eigenvalue weighted by molar-refractivity contribution is 0.0979. The number of amidine groups is 1. The van der Waals surface area contributed by atoms with E-state index >= 15 is 0 Å². The second-order valence-electron chi connectivity index (χ2n) is 4.85. The zero-order valence-electron chi connectivity index (χ0n) is 12.1. The molecule has 1 aliphatic rings. The number of hydrogen-bond donors (Lipinski definition) is 3. The number of imidazole rings is 1. The minimum atomic E-state index is -1.97. The van der Waals surface area contributed by atoms with Gasteiger partial charge in [-0.25, -0.2) is 14.4 Å². The average Bonchev–Trinajstić information content (AvgIpc) is 3.06. The Bertz CT molecular complexity index is 847. The number of carbonyl (C=O) groups excluding carboxylic acids is 1. The fourth-order valence-electron chi connectivity index (χ4n) is 2.15. The highest BCUT2D eigenvalue weighted by atomic mass is 33.1. The maximum absolute atomic E-state index is 13.1. The molecule has 1 atom stereocenters. The van der Waals surface area contributed by atoms with Gasteiger partial charge in [0.1, 0.15) is 5.82 Å². The predicted molar refractivity (Wildman–Crippen MR) is 92.9 cm³/mol. The molecule has 0 bridgehead atoms. The van der Waals surface area contributed by atoms with Crippen LogP contribution in [0.3, 0.4) is 0 Å². The van der Waals surface area contributed by atoms with Crippen LogP contribution in [0.15, 0.2) is 52.3 Å². The van der Waals surface area contributed by atoms with E-state index in [1.165, 1.54) is 12.1 Å². The summed E-state index contributed by atoms with van der Waals surface area (Å²) in [5.74, 6) is -0.966. The summed E-state index contributed by atoms with van der Waals surface area (Å²) in [6, 6.07) is 3.61. The number of hydrogen-bond acceptors (Lipinski definition) is 5. The van der Waals surface area contributed by atoms with Gasteiger partial charge in [0, 0.05) is 31.3 Å². The van der Waals surface area contributed by atoms with Crippen molar-refractivity contribution in [1.82, 2.24) is 14.9 Å². The molecule has 1 aliphatic heterocycles. The van der Waals surface area contributed by atoms with Gasteiger partial charge < -0.3 is 15.6 Å². The zero-order valence-corrected chi connectivity index (χ0v) is 13.8. The van der Waals surface area contributed by atoms with Crippen LogP contribution in [-0.4, -0.2) is 20.6 Å². The van der Waals surface area contributed by atoms with Crippen molar-refractivity contribution < 1.29 is 9.18 Å². The molecule has 3 N–H and O–H groups in total. The number of anilines is 1. The van der Waals surface area contributed by atoms with Crippen LogP contribution in [-0.2, 0) is 7.05 Å². The SMILES string of the molecule is Cn1ccnc1S1(S)C=CN=C1NC(=O)c1ccc(F)cc1N. The van der Waals surface area contributed by atoms with Crippen molar-refractivity contribution in [2.75, 3.05) is 5.73 Å². The first-order valence-electron chi connectivity index (χ1n) is 6.56. The van der Waals surface area contributed by atoms with E-state index in [9.17, 15) is 9.18 Å². The van der Waals surface area contributed by atoms with E-state index in [-0.39, 0.29) is 11.3 Å². The molecule has 9 heteroatoms. The number of nitrogens with zero attached hydrogens (tertiary/aromatic N) is 3. The number of thiol groups is 1. The van der Waals surface area contributed by atoms with Crippen LogP contribution in [0.2, 0.25) is 0 Å². The molecule has 120 valence electrons. The Labute approximate surface area is 138 Å². The van der Waals surface area contributed by atoms with Crippen molar-refractivity contribution in [3.63, 3.8) is 0 Å². The Balaban J connectivity index is 1.88. The van der Waals surface area contributed by atoms with Gasteiger partial charge in [0.15, 0.2) is 10.3 Å². The number of nitrogens with two attached hydrogens (primary N) is 1. The van der Waals surface area contributed by atoms with E-state index in [2.05, 4.69) is 15.3 Å². The second kappa shape index (κ2) is 5.74. The molecule has 0 fully saturated rings. The maximum atomic E-state index is 13.1. The van der Waals surface area contributed by atoms with E-state index in [4.69, 9.17) is 17.4 Å². The minimum Gasteiger partial charge on any atom is -0.398 e. The van der Waals surface area contributed by atoms with Gasteiger partial charge in [-0.3, -0.25) is 4.79 Å². The second-order valence-corrected chi connectivity index (χ2v) is 8.85. The van der Waals surface area contributed by atoms with Gasteiger partial charge in [-0.1, -0.05) is 9.06 Å². The summed E-state index contributed by atoms with van der Waals surface area (Å²) in [4.78, 5) is 20.9. The fraction of sp³-hybridized carbons (Fsp3) is 0.0714. The van der Waals surface area contributed by atoms with Crippen molar-refractivity contribution in [2.24, 2.45) is 12.0 Å². The number of rotatable bonds is 2. The molecule has 0 saturated carbocycles. The minimum absolute atomic E-state index is 0.0609. The number of carbonyl (C=O) groups is 1. The lowest BCUT2D eigenvalue weighted by Crippen LogP contribution is -2.32. The molecule has 3 rings (SSSR count). The maximum Gasteiger partial charge on any atom is 0.259 e. The lowest BCUT2D eigenvalue weighted by Gasteiger charge is -2.28. The predicted octanol–water partition coefficient (Wildman–Crippen LogP) is 2.42. The fourth-order valence-corrected chi connectivity index (χ4v) is 4.97.